The summed E-state index contributed by atoms with van der Waals surface area (Å²) in [5, 5.41) is 0. The Bertz CT molecular complexity index is 818. The number of fused-ring (bicyclic) bond motifs is 1. The molecule has 3 aromatic rings. The molecular weight excluding hydrogens is 250 g/mol. The molecule has 0 aliphatic carbocycles. The van der Waals surface area contributed by atoms with Gasteiger partial charge in [-0.15, -0.1) is 0 Å². The van der Waals surface area contributed by atoms with Crippen LogP contribution in [-0.2, 0) is 0 Å². The van der Waals surface area contributed by atoms with Crippen LogP contribution in [0.25, 0.3) is 16.7 Å². The number of nitrogens with two attached hydrogens (primary N) is 1. The fraction of sp³-hybridized carbons (Fsp3) is 0.125. The van der Waals surface area contributed by atoms with E-state index in [0.29, 0.717) is 5.56 Å². The van der Waals surface area contributed by atoms with Gasteiger partial charge in [0.1, 0.15) is 5.82 Å². The minimum atomic E-state index is -0.433. The number of para-hydroxylation sites is 2. The first kappa shape index (κ1) is 12.4. The van der Waals surface area contributed by atoms with E-state index < -0.39 is 5.91 Å². The Morgan fingerprint density at radius 1 is 1.15 bits per heavy atom. The number of imidazole rings is 1. The van der Waals surface area contributed by atoms with Gasteiger partial charge >= 0.3 is 0 Å². The SMILES string of the molecule is Cc1ccc(C(N)=O)c(-n2c(C)nc3ccccc32)c1. The molecule has 1 aromatic heterocycles. The van der Waals surface area contributed by atoms with Crippen LogP contribution in [0.5, 0.6) is 0 Å². The summed E-state index contributed by atoms with van der Waals surface area (Å²) in [6.07, 6.45) is 0. The first-order chi connectivity index (χ1) is 9.58. The molecule has 0 spiro atoms. The molecule has 0 aliphatic rings. The maximum Gasteiger partial charge on any atom is 0.250 e. The van der Waals surface area contributed by atoms with Gasteiger partial charge in [0.15, 0.2) is 0 Å². The Hall–Kier alpha value is -2.62. The Labute approximate surface area is 116 Å². The summed E-state index contributed by atoms with van der Waals surface area (Å²) < 4.78 is 1.97. The monoisotopic (exact) mass is 265 g/mol. The third-order valence-corrected chi connectivity index (χ3v) is 3.39. The van der Waals surface area contributed by atoms with E-state index in [1.165, 1.54) is 0 Å². The van der Waals surface area contributed by atoms with Gasteiger partial charge in [-0.2, -0.15) is 0 Å². The molecule has 3 rings (SSSR count). The van der Waals surface area contributed by atoms with E-state index in [2.05, 4.69) is 4.98 Å². The fourth-order valence-electron chi connectivity index (χ4n) is 2.49. The summed E-state index contributed by atoms with van der Waals surface area (Å²) in [7, 11) is 0. The minimum absolute atomic E-state index is 0.433. The van der Waals surface area contributed by atoms with Crippen LogP contribution >= 0.6 is 0 Å². The zero-order valence-electron chi connectivity index (χ0n) is 11.4. The second kappa shape index (κ2) is 4.49. The second-order valence-electron chi connectivity index (χ2n) is 4.87. The fourth-order valence-corrected chi connectivity index (χ4v) is 2.49. The number of primary amides is 1. The van der Waals surface area contributed by atoms with E-state index >= 15 is 0 Å². The molecule has 4 heteroatoms. The van der Waals surface area contributed by atoms with Gasteiger partial charge in [0.05, 0.1) is 22.3 Å². The molecule has 0 fully saturated rings. The predicted molar refractivity (Wildman–Crippen MR) is 79.1 cm³/mol. The standard InChI is InChI=1S/C16H15N3O/c1-10-7-8-12(16(17)20)15(9-10)19-11(2)18-13-5-3-4-6-14(13)19/h3-9H,1-2H3,(H2,17,20). The molecular formula is C16H15N3O. The van der Waals surface area contributed by atoms with Crippen molar-refractivity contribution in [3.63, 3.8) is 0 Å². The average Bonchev–Trinajstić information content (AvgIpc) is 2.73. The molecule has 100 valence electrons. The van der Waals surface area contributed by atoms with Gasteiger partial charge < -0.3 is 5.73 Å². The quantitative estimate of drug-likeness (QED) is 0.774. The van der Waals surface area contributed by atoms with Crippen molar-refractivity contribution in [1.29, 1.82) is 0 Å². The topological polar surface area (TPSA) is 60.9 Å². The van der Waals surface area contributed by atoms with E-state index in [0.717, 1.165) is 28.1 Å². The third-order valence-electron chi connectivity index (χ3n) is 3.39. The van der Waals surface area contributed by atoms with Crippen LogP contribution in [0.1, 0.15) is 21.7 Å². The lowest BCUT2D eigenvalue weighted by Crippen LogP contribution is -2.15. The van der Waals surface area contributed by atoms with Gasteiger partial charge in [0.25, 0.3) is 5.91 Å². The summed E-state index contributed by atoms with van der Waals surface area (Å²) in [4.78, 5) is 16.2. The van der Waals surface area contributed by atoms with Gasteiger partial charge in [0, 0.05) is 0 Å². The summed E-state index contributed by atoms with van der Waals surface area (Å²) >= 11 is 0. The van der Waals surface area contributed by atoms with Crippen molar-refractivity contribution in [3.8, 4) is 5.69 Å². The lowest BCUT2D eigenvalue weighted by Gasteiger charge is -2.12. The van der Waals surface area contributed by atoms with Gasteiger partial charge in [-0.05, 0) is 43.7 Å². The van der Waals surface area contributed by atoms with E-state index in [-0.39, 0.29) is 0 Å². The smallest absolute Gasteiger partial charge is 0.250 e. The van der Waals surface area contributed by atoms with Crippen LogP contribution in [0, 0.1) is 13.8 Å². The highest BCUT2D eigenvalue weighted by Crippen LogP contribution is 2.24. The third kappa shape index (κ3) is 1.86. The van der Waals surface area contributed by atoms with Gasteiger partial charge in [-0.1, -0.05) is 18.2 Å². The van der Waals surface area contributed by atoms with Gasteiger partial charge in [-0.25, -0.2) is 4.98 Å². The van der Waals surface area contributed by atoms with Crippen molar-refractivity contribution in [3.05, 3.63) is 59.4 Å². The molecule has 1 amide bonds. The maximum absolute atomic E-state index is 11.7. The van der Waals surface area contributed by atoms with E-state index in [1.54, 1.807) is 6.07 Å². The summed E-state index contributed by atoms with van der Waals surface area (Å²) in [5.74, 6) is 0.400. The van der Waals surface area contributed by atoms with E-state index in [9.17, 15) is 4.79 Å². The van der Waals surface area contributed by atoms with E-state index in [1.807, 2.05) is 54.8 Å². The number of aryl methyl sites for hydroxylation is 2. The molecule has 4 nitrogen and oxygen atoms in total. The number of carbonyl (C=O) groups is 1. The molecule has 0 unspecified atom stereocenters. The highest BCUT2D eigenvalue weighted by molar-refractivity contribution is 5.97. The summed E-state index contributed by atoms with van der Waals surface area (Å²) in [6, 6.07) is 13.5. The molecule has 2 N–H and O–H groups in total. The number of nitrogens with zero attached hydrogens (tertiary/aromatic N) is 2. The van der Waals surface area contributed by atoms with Crippen LogP contribution < -0.4 is 5.73 Å². The number of rotatable bonds is 2. The van der Waals surface area contributed by atoms with Gasteiger partial charge in [-0.3, -0.25) is 9.36 Å². The van der Waals surface area contributed by atoms with Gasteiger partial charge in [0.2, 0.25) is 0 Å². The van der Waals surface area contributed by atoms with E-state index in [4.69, 9.17) is 5.73 Å². The molecule has 2 aromatic carbocycles. The Morgan fingerprint density at radius 2 is 1.90 bits per heavy atom. The van der Waals surface area contributed by atoms with Crippen molar-refractivity contribution in [1.82, 2.24) is 9.55 Å². The van der Waals surface area contributed by atoms with Crippen LogP contribution in [-0.4, -0.2) is 15.5 Å². The minimum Gasteiger partial charge on any atom is -0.366 e. The van der Waals surface area contributed by atoms with Crippen molar-refractivity contribution >= 4 is 16.9 Å². The predicted octanol–water partition coefficient (Wildman–Crippen LogP) is 2.74. The van der Waals surface area contributed by atoms with Crippen LogP contribution in [0.4, 0.5) is 0 Å². The Balaban J connectivity index is 2.39. The van der Waals surface area contributed by atoms with Crippen LogP contribution in [0.2, 0.25) is 0 Å². The number of aromatic nitrogens is 2. The number of hydrogen-bond donors (Lipinski definition) is 1. The summed E-state index contributed by atoms with van der Waals surface area (Å²) in [6.45, 7) is 3.91. The van der Waals surface area contributed by atoms with Crippen molar-refractivity contribution in [2.75, 3.05) is 0 Å². The highest BCUT2D eigenvalue weighted by Gasteiger charge is 2.15. The van der Waals surface area contributed by atoms with Crippen LogP contribution in [0.3, 0.4) is 0 Å². The number of amides is 1. The largest absolute Gasteiger partial charge is 0.366 e. The van der Waals surface area contributed by atoms with Crippen LogP contribution in [0.15, 0.2) is 42.5 Å². The lowest BCUT2D eigenvalue weighted by atomic mass is 10.1. The van der Waals surface area contributed by atoms with Crippen molar-refractivity contribution in [2.45, 2.75) is 13.8 Å². The average molecular weight is 265 g/mol. The lowest BCUT2D eigenvalue weighted by molar-refractivity contribution is 0.100. The first-order valence-electron chi connectivity index (χ1n) is 6.43. The molecule has 0 saturated heterocycles. The molecule has 0 radical (unpaired) electrons. The Kier molecular flexibility index (Phi) is 2.79. The van der Waals surface area contributed by atoms with Crippen molar-refractivity contribution in [2.24, 2.45) is 5.73 Å². The molecule has 1 heterocycles. The summed E-state index contributed by atoms with van der Waals surface area (Å²) in [5.41, 5.74) is 9.72. The van der Waals surface area contributed by atoms with Crippen molar-refractivity contribution < 1.29 is 4.79 Å². The first-order valence-corrected chi connectivity index (χ1v) is 6.43. The molecule has 0 bridgehead atoms. The highest BCUT2D eigenvalue weighted by atomic mass is 16.1. The number of hydrogen-bond acceptors (Lipinski definition) is 2. The number of benzene rings is 2. The normalized spacial score (nSPS) is 10.9. The second-order valence-corrected chi connectivity index (χ2v) is 4.87. The molecule has 0 atom stereocenters. The number of carbonyl (C=O) groups excluding carboxylic acids is 1. The maximum atomic E-state index is 11.7. The molecule has 0 aliphatic heterocycles. The zero-order valence-corrected chi connectivity index (χ0v) is 11.4. The zero-order chi connectivity index (χ0) is 14.3. The molecule has 20 heavy (non-hydrogen) atoms. The molecule has 0 saturated carbocycles. The Morgan fingerprint density at radius 3 is 2.65 bits per heavy atom.